The molecule has 90 valence electrons. The fraction of sp³-hybridized carbons (Fsp3) is 1.00. The highest BCUT2D eigenvalue weighted by molar-refractivity contribution is 5.08. The van der Waals surface area contributed by atoms with Gasteiger partial charge in [0, 0.05) is 0 Å². The number of alkyl halides is 6. The summed E-state index contributed by atoms with van der Waals surface area (Å²) in [6, 6.07) is 0. The van der Waals surface area contributed by atoms with Crippen molar-refractivity contribution >= 4 is 0 Å². The molecule has 1 aliphatic carbocycles. The quantitative estimate of drug-likeness (QED) is 0.597. The first-order valence-electron chi connectivity index (χ1n) is 4.72. The second-order valence-corrected chi connectivity index (χ2v) is 4.11. The Bertz CT molecular complexity index is 224. The number of hydrogen-bond acceptors (Lipinski definition) is 0. The van der Waals surface area contributed by atoms with Crippen molar-refractivity contribution in [2.45, 2.75) is 39.0 Å². The van der Waals surface area contributed by atoms with E-state index in [2.05, 4.69) is 0 Å². The molecule has 1 saturated carbocycles. The molecule has 0 aromatic rings. The van der Waals surface area contributed by atoms with Gasteiger partial charge in [0.2, 0.25) is 0 Å². The molecule has 2 unspecified atom stereocenters. The van der Waals surface area contributed by atoms with Gasteiger partial charge >= 0.3 is 12.4 Å². The first kappa shape index (κ1) is 12.6. The molecule has 0 radical (unpaired) electrons. The summed E-state index contributed by atoms with van der Waals surface area (Å²) in [5.74, 6) is -2.70. The SMILES string of the molecule is CCC1CC(C)C1(C(F)(F)F)C(F)(F)F. The van der Waals surface area contributed by atoms with Crippen LogP contribution in [0.4, 0.5) is 26.3 Å². The van der Waals surface area contributed by atoms with Gasteiger partial charge in [-0.05, 0) is 18.3 Å². The van der Waals surface area contributed by atoms with Gasteiger partial charge in [0.25, 0.3) is 0 Å². The normalized spacial score (nSPS) is 31.2. The predicted octanol–water partition coefficient (Wildman–Crippen LogP) is 4.16. The maximum atomic E-state index is 12.6. The number of hydrogen-bond donors (Lipinski definition) is 0. The number of halogens is 6. The monoisotopic (exact) mass is 234 g/mol. The second-order valence-electron chi connectivity index (χ2n) is 4.11. The molecule has 15 heavy (non-hydrogen) atoms. The van der Waals surface area contributed by atoms with Gasteiger partial charge in [-0.1, -0.05) is 20.3 Å². The van der Waals surface area contributed by atoms with E-state index in [4.69, 9.17) is 0 Å². The van der Waals surface area contributed by atoms with Crippen LogP contribution in [0.1, 0.15) is 26.7 Å². The largest absolute Gasteiger partial charge is 0.403 e. The average Bonchev–Trinajstić information content (AvgIpc) is 1.93. The fourth-order valence-corrected chi connectivity index (χ4v) is 2.71. The van der Waals surface area contributed by atoms with Crippen LogP contribution in [0.25, 0.3) is 0 Å². The van der Waals surface area contributed by atoms with Gasteiger partial charge in [0.15, 0.2) is 5.41 Å². The van der Waals surface area contributed by atoms with Crippen LogP contribution >= 0.6 is 0 Å². The smallest absolute Gasteiger partial charge is 0.170 e. The Kier molecular flexibility index (Phi) is 2.77. The van der Waals surface area contributed by atoms with Crippen molar-refractivity contribution in [3.63, 3.8) is 0 Å². The highest BCUT2D eigenvalue weighted by atomic mass is 19.4. The van der Waals surface area contributed by atoms with E-state index in [1.165, 1.54) is 6.92 Å². The summed E-state index contributed by atoms with van der Waals surface area (Å²) < 4.78 is 75.7. The van der Waals surface area contributed by atoms with Gasteiger partial charge in [-0.2, -0.15) is 26.3 Å². The zero-order valence-electron chi connectivity index (χ0n) is 8.34. The van der Waals surface area contributed by atoms with Crippen molar-refractivity contribution in [1.82, 2.24) is 0 Å². The van der Waals surface area contributed by atoms with Gasteiger partial charge in [-0.25, -0.2) is 0 Å². The van der Waals surface area contributed by atoms with E-state index in [-0.39, 0.29) is 12.8 Å². The van der Waals surface area contributed by atoms with Crippen LogP contribution < -0.4 is 0 Å². The molecule has 0 N–H and O–H groups in total. The number of rotatable bonds is 1. The maximum Gasteiger partial charge on any atom is 0.403 e. The molecule has 0 aromatic heterocycles. The molecule has 0 saturated heterocycles. The Labute approximate surface area is 83.6 Å². The summed E-state index contributed by atoms with van der Waals surface area (Å²) in [4.78, 5) is 0. The van der Waals surface area contributed by atoms with Crippen molar-refractivity contribution in [3.8, 4) is 0 Å². The highest BCUT2D eigenvalue weighted by Gasteiger charge is 2.79. The molecule has 1 aliphatic rings. The molecule has 0 spiro atoms. The molecule has 0 amide bonds. The van der Waals surface area contributed by atoms with Crippen molar-refractivity contribution in [1.29, 1.82) is 0 Å². The third-order valence-electron chi connectivity index (χ3n) is 3.49. The van der Waals surface area contributed by atoms with E-state index in [1.807, 2.05) is 0 Å². The van der Waals surface area contributed by atoms with E-state index in [1.54, 1.807) is 0 Å². The lowest BCUT2D eigenvalue weighted by atomic mass is 9.51. The van der Waals surface area contributed by atoms with E-state index in [9.17, 15) is 26.3 Å². The highest BCUT2D eigenvalue weighted by Crippen LogP contribution is 2.68. The fourth-order valence-electron chi connectivity index (χ4n) is 2.71. The summed E-state index contributed by atoms with van der Waals surface area (Å²) in [5, 5.41) is 0. The van der Waals surface area contributed by atoms with Crippen molar-refractivity contribution in [2.75, 3.05) is 0 Å². The Morgan fingerprint density at radius 2 is 1.47 bits per heavy atom. The van der Waals surface area contributed by atoms with Crippen LogP contribution in [0.3, 0.4) is 0 Å². The Morgan fingerprint density at radius 1 is 1.07 bits per heavy atom. The van der Waals surface area contributed by atoms with Crippen LogP contribution in [0.15, 0.2) is 0 Å². The maximum absolute atomic E-state index is 12.6. The summed E-state index contributed by atoms with van der Waals surface area (Å²) in [6.45, 7) is 2.38. The van der Waals surface area contributed by atoms with E-state index >= 15 is 0 Å². The first-order valence-corrected chi connectivity index (χ1v) is 4.72. The summed E-state index contributed by atoms with van der Waals surface area (Å²) >= 11 is 0. The molecule has 2 atom stereocenters. The molecule has 1 rings (SSSR count). The molecular weight excluding hydrogens is 222 g/mol. The zero-order valence-corrected chi connectivity index (χ0v) is 8.34. The third kappa shape index (κ3) is 1.44. The Hall–Kier alpha value is -0.420. The Balaban J connectivity index is 3.19. The predicted molar refractivity (Wildman–Crippen MR) is 42.1 cm³/mol. The van der Waals surface area contributed by atoms with E-state index in [0.717, 1.165) is 6.92 Å². The average molecular weight is 234 g/mol. The van der Waals surface area contributed by atoms with Crippen LogP contribution in [-0.2, 0) is 0 Å². The van der Waals surface area contributed by atoms with Gasteiger partial charge in [-0.3, -0.25) is 0 Å². The van der Waals surface area contributed by atoms with Gasteiger partial charge in [0.05, 0.1) is 0 Å². The minimum atomic E-state index is -5.20. The minimum Gasteiger partial charge on any atom is -0.170 e. The van der Waals surface area contributed by atoms with Crippen LogP contribution in [0.5, 0.6) is 0 Å². The van der Waals surface area contributed by atoms with Gasteiger partial charge < -0.3 is 0 Å². The van der Waals surface area contributed by atoms with Crippen LogP contribution in [0, 0.1) is 17.3 Å². The molecule has 0 aliphatic heterocycles. The van der Waals surface area contributed by atoms with E-state index < -0.39 is 29.6 Å². The lowest BCUT2D eigenvalue weighted by Crippen LogP contribution is -2.65. The van der Waals surface area contributed by atoms with Crippen molar-refractivity contribution in [3.05, 3.63) is 0 Å². The van der Waals surface area contributed by atoms with Gasteiger partial charge in [-0.15, -0.1) is 0 Å². The summed E-state index contributed by atoms with van der Waals surface area (Å²) in [6.07, 6.45) is -10.5. The molecule has 6 heteroatoms. The second kappa shape index (κ2) is 3.28. The van der Waals surface area contributed by atoms with Gasteiger partial charge in [0.1, 0.15) is 0 Å². The molecule has 0 nitrogen and oxygen atoms in total. The standard InChI is InChI=1S/C9H12F6/c1-3-6-4-5(2)7(6,8(10,11)12)9(13,14)15/h5-6H,3-4H2,1-2H3. The molecule has 0 bridgehead atoms. The third-order valence-corrected chi connectivity index (χ3v) is 3.49. The van der Waals surface area contributed by atoms with E-state index in [0.29, 0.717) is 0 Å². The van der Waals surface area contributed by atoms with Crippen LogP contribution in [0.2, 0.25) is 0 Å². The topological polar surface area (TPSA) is 0 Å². The summed E-state index contributed by atoms with van der Waals surface area (Å²) in [5.41, 5.74) is -3.48. The Morgan fingerprint density at radius 3 is 1.60 bits per heavy atom. The molecule has 1 fully saturated rings. The van der Waals surface area contributed by atoms with Crippen molar-refractivity contribution < 1.29 is 26.3 Å². The lowest BCUT2D eigenvalue weighted by Gasteiger charge is -2.55. The zero-order chi connectivity index (χ0) is 12.1. The molecular formula is C9H12F6. The molecule has 0 aromatic carbocycles. The van der Waals surface area contributed by atoms with Crippen LogP contribution in [-0.4, -0.2) is 12.4 Å². The minimum absolute atomic E-state index is 0.00444. The van der Waals surface area contributed by atoms with Crippen molar-refractivity contribution in [2.24, 2.45) is 17.3 Å². The first-order chi connectivity index (χ1) is 6.59. The summed E-state index contributed by atoms with van der Waals surface area (Å²) in [7, 11) is 0. The lowest BCUT2D eigenvalue weighted by molar-refractivity contribution is -0.406. The molecule has 0 heterocycles.